The van der Waals surface area contributed by atoms with Gasteiger partial charge in [0.25, 0.3) is 5.91 Å². The monoisotopic (exact) mass is 409 g/mol. The number of fused-ring (bicyclic) bond motifs is 1. The van der Waals surface area contributed by atoms with Crippen LogP contribution in [-0.4, -0.2) is 48.7 Å². The van der Waals surface area contributed by atoms with Crippen molar-refractivity contribution in [3.05, 3.63) is 60.2 Å². The van der Waals surface area contributed by atoms with Crippen molar-refractivity contribution in [1.29, 1.82) is 0 Å². The number of ether oxygens (including phenoxy) is 3. The van der Waals surface area contributed by atoms with Gasteiger partial charge in [-0.3, -0.25) is 4.79 Å². The maximum Gasteiger partial charge on any atom is 0.351 e. The maximum absolute atomic E-state index is 12.8. The second kappa shape index (κ2) is 9.20. The van der Waals surface area contributed by atoms with E-state index in [1.807, 2.05) is 18.2 Å². The van der Waals surface area contributed by atoms with Crippen LogP contribution in [0.1, 0.15) is 25.3 Å². The van der Waals surface area contributed by atoms with Crippen LogP contribution in [0.5, 0.6) is 11.5 Å². The average Bonchev–Trinajstić information content (AvgIpc) is 2.79. The molecule has 0 spiro atoms. The number of rotatable bonds is 5. The van der Waals surface area contributed by atoms with E-state index in [0.29, 0.717) is 30.5 Å². The Labute approximate surface area is 176 Å². The van der Waals surface area contributed by atoms with E-state index in [4.69, 9.17) is 14.2 Å². The molecule has 158 valence electrons. The second-order valence-electron chi connectivity index (χ2n) is 7.90. The molecule has 0 bridgehead atoms. The third kappa shape index (κ3) is 4.75. The lowest BCUT2D eigenvalue weighted by molar-refractivity contribution is -0.167. The third-order valence-electron chi connectivity index (χ3n) is 5.71. The molecule has 2 aromatic carbocycles. The number of carbonyl (C=O) groups excluding carboxylic acids is 2. The highest BCUT2D eigenvalue weighted by molar-refractivity contribution is 5.85. The molecule has 6 heteroatoms. The summed E-state index contributed by atoms with van der Waals surface area (Å²) in [5.74, 6) is 0.944. The van der Waals surface area contributed by atoms with E-state index in [1.54, 1.807) is 24.0 Å². The Bertz CT molecular complexity index is 876. The summed E-state index contributed by atoms with van der Waals surface area (Å²) in [6.45, 7) is 3.07. The standard InChI is InChI=1S/C24H27NO5/c1-17(29-24(27)22-16-28-20-9-5-6-10-21(20)30-22)23(26)25-13-11-19(12-14-25)15-18-7-3-2-4-8-18/h2-10,17,19,22H,11-16H2,1H3/t17-,22-/m1/s1. The number of hydrogen-bond donors (Lipinski definition) is 0. The molecule has 0 unspecified atom stereocenters. The van der Waals surface area contributed by atoms with E-state index in [-0.39, 0.29) is 12.5 Å². The van der Waals surface area contributed by atoms with Gasteiger partial charge in [-0.05, 0) is 49.8 Å². The van der Waals surface area contributed by atoms with Gasteiger partial charge in [-0.2, -0.15) is 0 Å². The first-order valence-corrected chi connectivity index (χ1v) is 10.5. The Balaban J connectivity index is 1.25. The molecule has 2 aromatic rings. The van der Waals surface area contributed by atoms with Gasteiger partial charge in [0.15, 0.2) is 17.6 Å². The average molecular weight is 409 g/mol. The van der Waals surface area contributed by atoms with Crippen LogP contribution < -0.4 is 9.47 Å². The Morgan fingerprint density at radius 3 is 2.43 bits per heavy atom. The van der Waals surface area contributed by atoms with Crippen LogP contribution in [0.3, 0.4) is 0 Å². The summed E-state index contributed by atoms with van der Waals surface area (Å²) in [6, 6.07) is 17.6. The number of likely N-dealkylation sites (tertiary alicyclic amines) is 1. The van der Waals surface area contributed by atoms with Crippen LogP contribution >= 0.6 is 0 Å². The van der Waals surface area contributed by atoms with Crippen LogP contribution in [0.25, 0.3) is 0 Å². The fourth-order valence-corrected chi connectivity index (χ4v) is 4.00. The largest absolute Gasteiger partial charge is 0.485 e. The van der Waals surface area contributed by atoms with Crippen LogP contribution in [0.15, 0.2) is 54.6 Å². The molecule has 30 heavy (non-hydrogen) atoms. The van der Waals surface area contributed by atoms with Crippen LogP contribution in [0.2, 0.25) is 0 Å². The number of amides is 1. The van der Waals surface area contributed by atoms with Gasteiger partial charge < -0.3 is 19.1 Å². The SMILES string of the molecule is C[C@@H](OC(=O)[C@H]1COc2ccccc2O1)C(=O)N1CCC(Cc2ccccc2)CC1. The minimum absolute atomic E-state index is 0.0711. The fraction of sp³-hybridized carbons (Fsp3) is 0.417. The Kier molecular flexibility index (Phi) is 6.21. The molecule has 2 heterocycles. The molecule has 0 N–H and O–H groups in total. The van der Waals surface area contributed by atoms with Crippen molar-refractivity contribution >= 4 is 11.9 Å². The van der Waals surface area contributed by atoms with Crippen molar-refractivity contribution in [2.24, 2.45) is 5.92 Å². The lowest BCUT2D eigenvalue weighted by atomic mass is 9.90. The molecule has 0 saturated carbocycles. The zero-order valence-corrected chi connectivity index (χ0v) is 17.2. The number of benzene rings is 2. The summed E-state index contributed by atoms with van der Waals surface area (Å²) in [5, 5.41) is 0. The predicted molar refractivity (Wildman–Crippen MR) is 111 cm³/mol. The minimum Gasteiger partial charge on any atom is -0.485 e. The van der Waals surface area contributed by atoms with E-state index in [1.165, 1.54) is 5.56 Å². The molecule has 1 amide bonds. The summed E-state index contributed by atoms with van der Waals surface area (Å²) in [7, 11) is 0. The van der Waals surface area contributed by atoms with Crippen LogP contribution in [-0.2, 0) is 20.7 Å². The molecule has 4 rings (SSSR count). The van der Waals surface area contributed by atoms with Crippen molar-refractivity contribution in [2.45, 2.75) is 38.4 Å². The van der Waals surface area contributed by atoms with Crippen molar-refractivity contribution in [3.63, 3.8) is 0 Å². The molecule has 0 aliphatic carbocycles. The highest BCUT2D eigenvalue weighted by Gasteiger charge is 2.33. The molecule has 6 nitrogen and oxygen atoms in total. The van der Waals surface area contributed by atoms with E-state index in [0.717, 1.165) is 19.3 Å². The number of hydrogen-bond acceptors (Lipinski definition) is 5. The first-order valence-electron chi connectivity index (χ1n) is 10.5. The first kappa shape index (κ1) is 20.3. The summed E-state index contributed by atoms with van der Waals surface area (Å²) in [5.41, 5.74) is 1.33. The molecule has 2 aliphatic heterocycles. The normalized spacial score (nSPS) is 19.8. The van der Waals surface area contributed by atoms with Gasteiger partial charge in [0, 0.05) is 13.1 Å². The number of nitrogens with zero attached hydrogens (tertiary/aromatic N) is 1. The molecular weight excluding hydrogens is 382 g/mol. The van der Waals surface area contributed by atoms with Gasteiger partial charge in [-0.25, -0.2) is 4.79 Å². The lowest BCUT2D eigenvalue weighted by Crippen LogP contribution is -2.46. The first-order chi connectivity index (χ1) is 14.6. The second-order valence-corrected chi connectivity index (χ2v) is 7.90. The van der Waals surface area contributed by atoms with Crippen molar-refractivity contribution in [1.82, 2.24) is 4.90 Å². The van der Waals surface area contributed by atoms with Gasteiger partial charge >= 0.3 is 5.97 Å². The number of esters is 1. The summed E-state index contributed by atoms with van der Waals surface area (Å²) in [6.07, 6.45) is 1.24. The Morgan fingerprint density at radius 1 is 1.03 bits per heavy atom. The van der Waals surface area contributed by atoms with E-state index < -0.39 is 18.2 Å². The highest BCUT2D eigenvalue weighted by atomic mass is 16.6. The van der Waals surface area contributed by atoms with Crippen molar-refractivity contribution in [2.75, 3.05) is 19.7 Å². The van der Waals surface area contributed by atoms with Gasteiger partial charge in [0.05, 0.1) is 0 Å². The minimum atomic E-state index is -0.869. The van der Waals surface area contributed by atoms with E-state index in [2.05, 4.69) is 24.3 Å². The quantitative estimate of drug-likeness (QED) is 0.710. The lowest BCUT2D eigenvalue weighted by Gasteiger charge is -2.34. The zero-order chi connectivity index (χ0) is 20.9. The fourth-order valence-electron chi connectivity index (χ4n) is 4.00. The van der Waals surface area contributed by atoms with Crippen molar-refractivity contribution in [3.8, 4) is 11.5 Å². The predicted octanol–water partition coefficient (Wildman–Crippen LogP) is 3.24. The smallest absolute Gasteiger partial charge is 0.351 e. The molecular formula is C24H27NO5. The summed E-state index contributed by atoms with van der Waals surface area (Å²) in [4.78, 5) is 27.0. The number of piperidine rings is 1. The zero-order valence-electron chi connectivity index (χ0n) is 17.2. The summed E-state index contributed by atoms with van der Waals surface area (Å²) < 4.78 is 16.6. The molecule has 1 fully saturated rings. The summed E-state index contributed by atoms with van der Waals surface area (Å²) >= 11 is 0. The number of para-hydroxylation sites is 2. The topological polar surface area (TPSA) is 65.1 Å². The van der Waals surface area contributed by atoms with Gasteiger partial charge in [-0.15, -0.1) is 0 Å². The van der Waals surface area contributed by atoms with E-state index in [9.17, 15) is 9.59 Å². The third-order valence-corrected chi connectivity index (χ3v) is 5.71. The van der Waals surface area contributed by atoms with Gasteiger partial charge in [0.2, 0.25) is 6.10 Å². The Morgan fingerprint density at radius 2 is 1.70 bits per heavy atom. The van der Waals surface area contributed by atoms with Crippen molar-refractivity contribution < 1.29 is 23.8 Å². The molecule has 0 radical (unpaired) electrons. The molecule has 0 aromatic heterocycles. The van der Waals surface area contributed by atoms with E-state index >= 15 is 0 Å². The highest BCUT2D eigenvalue weighted by Crippen LogP contribution is 2.31. The Hall–Kier alpha value is -3.02. The van der Waals surface area contributed by atoms with Gasteiger partial charge in [-0.1, -0.05) is 42.5 Å². The molecule has 1 saturated heterocycles. The molecule has 2 atom stereocenters. The number of carbonyl (C=O) groups is 2. The van der Waals surface area contributed by atoms with Crippen LogP contribution in [0.4, 0.5) is 0 Å². The molecule has 2 aliphatic rings. The maximum atomic E-state index is 12.8. The van der Waals surface area contributed by atoms with Crippen LogP contribution in [0, 0.1) is 5.92 Å². The van der Waals surface area contributed by atoms with Gasteiger partial charge in [0.1, 0.15) is 6.61 Å².